The molecule has 0 unspecified atom stereocenters. The summed E-state index contributed by atoms with van der Waals surface area (Å²) in [5, 5.41) is 0. The van der Waals surface area contributed by atoms with Crippen LogP contribution in [0.2, 0.25) is 0 Å². The maximum atomic E-state index is 10.8. The topological polar surface area (TPSA) is 36.1 Å². The Labute approximate surface area is 84.8 Å². The van der Waals surface area contributed by atoms with Crippen LogP contribution >= 0.6 is 0 Å². The van der Waals surface area contributed by atoms with Crippen molar-refractivity contribution in [3.8, 4) is 0 Å². The molecule has 1 atom stereocenters. The number of aromatic nitrogens is 1. The first kappa shape index (κ1) is 11.0. The van der Waals surface area contributed by atoms with E-state index in [-0.39, 0.29) is 5.56 Å². The summed E-state index contributed by atoms with van der Waals surface area (Å²) in [6.07, 6.45) is 3.90. The van der Waals surface area contributed by atoms with Gasteiger partial charge in [-0.2, -0.15) is 0 Å². The Kier molecular flexibility index (Phi) is 3.89. The number of rotatable bonds is 4. The minimum atomic E-state index is -0.0355. The van der Waals surface area contributed by atoms with Crippen LogP contribution in [-0.2, 0) is 6.42 Å². The third-order valence-electron chi connectivity index (χ3n) is 2.52. The van der Waals surface area contributed by atoms with Crippen molar-refractivity contribution in [2.75, 3.05) is 14.1 Å². The number of pyridine rings is 1. The highest BCUT2D eigenvalue weighted by Crippen LogP contribution is 2.07. The minimum absolute atomic E-state index is 0.0355. The Bertz CT molecular complexity index is 310. The van der Waals surface area contributed by atoms with Crippen LogP contribution in [-0.4, -0.2) is 30.0 Å². The first-order valence-corrected chi connectivity index (χ1v) is 4.97. The van der Waals surface area contributed by atoms with Crippen molar-refractivity contribution >= 4 is 0 Å². The molecule has 0 aromatic carbocycles. The third-order valence-corrected chi connectivity index (χ3v) is 2.52. The summed E-state index contributed by atoms with van der Waals surface area (Å²) in [6.45, 7) is 2.18. The molecule has 1 aromatic heterocycles. The number of H-pyrrole nitrogens is 1. The van der Waals surface area contributed by atoms with E-state index in [0.717, 1.165) is 12.8 Å². The normalized spacial score (nSPS) is 13.1. The molecule has 14 heavy (non-hydrogen) atoms. The average Bonchev–Trinajstić information content (AvgIpc) is 2.16. The van der Waals surface area contributed by atoms with Crippen LogP contribution in [0.15, 0.2) is 23.1 Å². The van der Waals surface area contributed by atoms with E-state index in [0.29, 0.717) is 6.04 Å². The maximum absolute atomic E-state index is 10.8. The van der Waals surface area contributed by atoms with Gasteiger partial charge in [0.1, 0.15) is 0 Å². The molecular formula is C11H18N2O. The second-order valence-corrected chi connectivity index (χ2v) is 3.79. The fraction of sp³-hybridized carbons (Fsp3) is 0.545. The SMILES string of the molecule is CC[C@H](Cc1ccc(=O)[nH]c1)N(C)C. The minimum Gasteiger partial charge on any atom is -0.329 e. The summed E-state index contributed by atoms with van der Waals surface area (Å²) in [7, 11) is 4.17. The number of hydrogen-bond acceptors (Lipinski definition) is 2. The first-order valence-electron chi connectivity index (χ1n) is 4.97. The van der Waals surface area contributed by atoms with E-state index >= 15 is 0 Å². The molecule has 0 aliphatic heterocycles. The van der Waals surface area contributed by atoms with Crippen molar-refractivity contribution in [2.24, 2.45) is 0 Å². The van der Waals surface area contributed by atoms with Gasteiger partial charge < -0.3 is 9.88 Å². The quantitative estimate of drug-likeness (QED) is 0.783. The molecule has 0 saturated carbocycles. The summed E-state index contributed by atoms with van der Waals surface area (Å²) in [5.74, 6) is 0. The summed E-state index contributed by atoms with van der Waals surface area (Å²) in [6, 6.07) is 4.02. The predicted molar refractivity (Wildman–Crippen MR) is 58.5 cm³/mol. The largest absolute Gasteiger partial charge is 0.329 e. The molecule has 0 aliphatic rings. The van der Waals surface area contributed by atoms with E-state index in [9.17, 15) is 4.79 Å². The fourth-order valence-electron chi connectivity index (χ4n) is 1.53. The van der Waals surface area contributed by atoms with E-state index in [1.54, 1.807) is 12.3 Å². The van der Waals surface area contributed by atoms with Gasteiger partial charge in [0, 0.05) is 18.3 Å². The number of hydrogen-bond donors (Lipinski definition) is 1. The second kappa shape index (κ2) is 4.96. The molecule has 1 aromatic rings. The van der Waals surface area contributed by atoms with Crippen molar-refractivity contribution in [2.45, 2.75) is 25.8 Å². The van der Waals surface area contributed by atoms with Gasteiger partial charge in [-0.3, -0.25) is 4.79 Å². The molecule has 0 amide bonds. The zero-order valence-corrected chi connectivity index (χ0v) is 9.08. The monoisotopic (exact) mass is 194 g/mol. The summed E-state index contributed by atoms with van der Waals surface area (Å²) >= 11 is 0. The highest BCUT2D eigenvalue weighted by Gasteiger charge is 2.09. The van der Waals surface area contributed by atoms with Gasteiger partial charge in [-0.1, -0.05) is 13.0 Å². The van der Waals surface area contributed by atoms with Crippen LogP contribution in [0.5, 0.6) is 0 Å². The Morgan fingerprint density at radius 1 is 1.43 bits per heavy atom. The lowest BCUT2D eigenvalue weighted by molar-refractivity contribution is 0.284. The summed E-state index contributed by atoms with van der Waals surface area (Å²) in [4.78, 5) is 15.8. The van der Waals surface area contributed by atoms with Crippen molar-refractivity contribution in [3.05, 3.63) is 34.2 Å². The van der Waals surface area contributed by atoms with Crippen LogP contribution in [0.4, 0.5) is 0 Å². The summed E-state index contributed by atoms with van der Waals surface area (Å²) in [5.41, 5.74) is 1.15. The number of nitrogens with zero attached hydrogens (tertiary/aromatic N) is 1. The Morgan fingerprint density at radius 3 is 2.57 bits per heavy atom. The van der Waals surface area contributed by atoms with Gasteiger partial charge in [-0.25, -0.2) is 0 Å². The maximum Gasteiger partial charge on any atom is 0.247 e. The molecule has 0 spiro atoms. The molecule has 1 rings (SSSR count). The van der Waals surface area contributed by atoms with E-state index < -0.39 is 0 Å². The van der Waals surface area contributed by atoms with E-state index in [1.807, 2.05) is 6.07 Å². The Balaban J connectivity index is 2.67. The zero-order valence-electron chi connectivity index (χ0n) is 9.08. The number of nitrogens with one attached hydrogen (secondary N) is 1. The lowest BCUT2D eigenvalue weighted by Gasteiger charge is -2.22. The highest BCUT2D eigenvalue weighted by atomic mass is 16.1. The van der Waals surface area contributed by atoms with Crippen molar-refractivity contribution in [1.29, 1.82) is 0 Å². The number of aromatic amines is 1. The van der Waals surface area contributed by atoms with Crippen LogP contribution in [0.1, 0.15) is 18.9 Å². The molecule has 1 heterocycles. The van der Waals surface area contributed by atoms with Crippen LogP contribution in [0.25, 0.3) is 0 Å². The van der Waals surface area contributed by atoms with E-state index in [1.165, 1.54) is 5.56 Å². The molecule has 78 valence electrons. The third kappa shape index (κ3) is 3.00. The molecule has 1 N–H and O–H groups in total. The van der Waals surface area contributed by atoms with Crippen molar-refractivity contribution < 1.29 is 0 Å². The van der Waals surface area contributed by atoms with Gasteiger partial charge >= 0.3 is 0 Å². The van der Waals surface area contributed by atoms with Gasteiger partial charge in [0.2, 0.25) is 5.56 Å². The molecule has 3 heteroatoms. The zero-order chi connectivity index (χ0) is 10.6. The molecule has 0 bridgehead atoms. The van der Waals surface area contributed by atoms with E-state index in [4.69, 9.17) is 0 Å². The Morgan fingerprint density at radius 2 is 2.14 bits per heavy atom. The smallest absolute Gasteiger partial charge is 0.247 e. The van der Waals surface area contributed by atoms with Gasteiger partial charge in [0.25, 0.3) is 0 Å². The number of likely N-dealkylation sites (N-methyl/N-ethyl adjacent to an activating group) is 1. The van der Waals surface area contributed by atoms with E-state index in [2.05, 4.69) is 30.9 Å². The average molecular weight is 194 g/mol. The molecular weight excluding hydrogens is 176 g/mol. The second-order valence-electron chi connectivity index (χ2n) is 3.79. The highest BCUT2D eigenvalue weighted by molar-refractivity contribution is 5.10. The van der Waals surface area contributed by atoms with Crippen molar-refractivity contribution in [1.82, 2.24) is 9.88 Å². The van der Waals surface area contributed by atoms with Crippen LogP contribution in [0, 0.1) is 0 Å². The molecule has 0 saturated heterocycles. The first-order chi connectivity index (χ1) is 6.63. The predicted octanol–water partition coefficient (Wildman–Crippen LogP) is 1.26. The standard InChI is InChI=1S/C11H18N2O/c1-4-10(13(2)3)7-9-5-6-11(14)12-8-9/h5-6,8,10H,4,7H2,1-3H3,(H,12,14)/t10-/m1/s1. The van der Waals surface area contributed by atoms with Crippen LogP contribution in [0.3, 0.4) is 0 Å². The molecule has 0 aliphatic carbocycles. The molecule has 0 radical (unpaired) electrons. The van der Waals surface area contributed by atoms with Gasteiger partial charge in [0.05, 0.1) is 0 Å². The fourth-order valence-corrected chi connectivity index (χ4v) is 1.53. The Hall–Kier alpha value is -1.09. The summed E-state index contributed by atoms with van der Waals surface area (Å²) < 4.78 is 0. The molecule has 0 fully saturated rings. The lowest BCUT2D eigenvalue weighted by Crippen LogP contribution is -2.29. The van der Waals surface area contributed by atoms with Gasteiger partial charge in [-0.05, 0) is 32.5 Å². The molecule has 3 nitrogen and oxygen atoms in total. The van der Waals surface area contributed by atoms with Crippen molar-refractivity contribution in [3.63, 3.8) is 0 Å². The lowest BCUT2D eigenvalue weighted by atomic mass is 10.1. The van der Waals surface area contributed by atoms with Crippen LogP contribution < -0.4 is 5.56 Å². The van der Waals surface area contributed by atoms with Gasteiger partial charge in [-0.15, -0.1) is 0 Å². The van der Waals surface area contributed by atoms with Gasteiger partial charge in [0.15, 0.2) is 0 Å².